The Morgan fingerprint density at radius 1 is 1.24 bits per heavy atom. The molecule has 108 valence electrons. The molecule has 0 aliphatic heterocycles. The molecule has 0 spiro atoms. The minimum absolute atomic E-state index is 0.0773. The van der Waals surface area contributed by atoms with Crippen molar-refractivity contribution < 1.29 is 14.1 Å². The van der Waals surface area contributed by atoms with Gasteiger partial charge in [-0.15, -0.1) is 0 Å². The lowest BCUT2D eigenvalue weighted by Crippen LogP contribution is -2.23. The van der Waals surface area contributed by atoms with Gasteiger partial charge in [-0.25, -0.2) is 4.39 Å². The van der Waals surface area contributed by atoms with Gasteiger partial charge in [0.15, 0.2) is 0 Å². The number of amides is 1. The van der Waals surface area contributed by atoms with Crippen molar-refractivity contribution in [1.82, 2.24) is 5.32 Å². The van der Waals surface area contributed by atoms with E-state index >= 15 is 0 Å². The maximum atomic E-state index is 12.8. The second-order valence-corrected chi connectivity index (χ2v) is 4.66. The minimum atomic E-state index is -0.668. The molecule has 0 aromatic heterocycles. The second kappa shape index (κ2) is 6.32. The van der Waals surface area contributed by atoms with Gasteiger partial charge in [0.05, 0.1) is 4.92 Å². The van der Waals surface area contributed by atoms with Crippen LogP contribution in [-0.4, -0.2) is 10.8 Å². The molecule has 0 heterocycles. The van der Waals surface area contributed by atoms with E-state index in [4.69, 9.17) is 11.6 Å². The molecule has 21 heavy (non-hydrogen) atoms. The third kappa shape index (κ3) is 3.76. The normalized spacial score (nSPS) is 10.2. The van der Waals surface area contributed by atoms with Crippen molar-refractivity contribution in [3.8, 4) is 0 Å². The van der Waals surface area contributed by atoms with E-state index in [0.29, 0.717) is 5.56 Å². The zero-order valence-electron chi connectivity index (χ0n) is 10.7. The number of hydrogen-bond acceptors (Lipinski definition) is 3. The molecule has 7 heteroatoms. The van der Waals surface area contributed by atoms with Crippen LogP contribution in [0.3, 0.4) is 0 Å². The molecule has 2 aromatic rings. The van der Waals surface area contributed by atoms with Crippen LogP contribution in [0.5, 0.6) is 0 Å². The second-order valence-electron chi connectivity index (χ2n) is 4.23. The number of benzene rings is 2. The highest BCUT2D eigenvalue weighted by molar-refractivity contribution is 6.31. The van der Waals surface area contributed by atoms with Crippen molar-refractivity contribution >= 4 is 23.2 Å². The first-order valence-corrected chi connectivity index (χ1v) is 6.32. The third-order valence-electron chi connectivity index (χ3n) is 2.77. The number of rotatable bonds is 4. The highest BCUT2D eigenvalue weighted by Gasteiger charge is 2.20. The predicted octanol–water partition coefficient (Wildman–Crippen LogP) is 3.32. The highest BCUT2D eigenvalue weighted by Crippen LogP contribution is 2.23. The van der Waals surface area contributed by atoms with Crippen LogP contribution in [0, 0.1) is 15.9 Å². The Morgan fingerprint density at radius 2 is 1.90 bits per heavy atom. The van der Waals surface area contributed by atoms with Gasteiger partial charge in [0.2, 0.25) is 0 Å². The van der Waals surface area contributed by atoms with E-state index in [9.17, 15) is 19.3 Å². The van der Waals surface area contributed by atoms with E-state index < -0.39 is 10.8 Å². The molecule has 0 radical (unpaired) electrons. The first kappa shape index (κ1) is 14.9. The SMILES string of the molecule is O=C(NCc1ccc(F)cc1)c1ccc(Cl)cc1[N+](=O)[O-]. The largest absolute Gasteiger partial charge is 0.348 e. The van der Waals surface area contributed by atoms with Gasteiger partial charge in [0, 0.05) is 17.6 Å². The van der Waals surface area contributed by atoms with Crippen molar-refractivity contribution in [1.29, 1.82) is 0 Å². The lowest BCUT2D eigenvalue weighted by atomic mass is 10.1. The van der Waals surface area contributed by atoms with Crippen LogP contribution in [0.4, 0.5) is 10.1 Å². The van der Waals surface area contributed by atoms with Gasteiger partial charge in [0.25, 0.3) is 11.6 Å². The molecule has 0 bridgehead atoms. The third-order valence-corrected chi connectivity index (χ3v) is 3.00. The fourth-order valence-electron chi connectivity index (χ4n) is 1.73. The molecular formula is C14H10ClFN2O3. The summed E-state index contributed by atoms with van der Waals surface area (Å²) in [6, 6.07) is 9.40. The summed E-state index contributed by atoms with van der Waals surface area (Å²) in [6.45, 7) is 0.138. The van der Waals surface area contributed by atoms with E-state index in [1.165, 1.54) is 36.4 Å². The van der Waals surface area contributed by atoms with E-state index in [1.54, 1.807) is 0 Å². The van der Waals surface area contributed by atoms with Crippen LogP contribution in [0.15, 0.2) is 42.5 Å². The van der Waals surface area contributed by atoms with E-state index in [1.807, 2.05) is 0 Å². The summed E-state index contributed by atoms with van der Waals surface area (Å²) in [5.41, 5.74) is 0.243. The molecule has 0 aliphatic carbocycles. The zero-order chi connectivity index (χ0) is 15.4. The van der Waals surface area contributed by atoms with Crippen molar-refractivity contribution in [3.05, 3.63) is 74.5 Å². The van der Waals surface area contributed by atoms with Gasteiger partial charge in [-0.1, -0.05) is 23.7 Å². The number of halogens is 2. The molecular weight excluding hydrogens is 299 g/mol. The first-order valence-electron chi connectivity index (χ1n) is 5.94. The Labute approximate surface area is 124 Å². The molecule has 5 nitrogen and oxygen atoms in total. The summed E-state index contributed by atoms with van der Waals surface area (Å²) in [6.07, 6.45) is 0. The quantitative estimate of drug-likeness (QED) is 0.695. The number of carbonyl (C=O) groups is 1. The number of nitro benzene ring substituents is 1. The molecule has 2 aromatic carbocycles. The topological polar surface area (TPSA) is 72.2 Å². The number of nitrogens with zero attached hydrogens (tertiary/aromatic N) is 1. The summed E-state index contributed by atoms with van der Waals surface area (Å²) in [5.74, 6) is -0.971. The molecule has 1 N–H and O–H groups in total. The fraction of sp³-hybridized carbons (Fsp3) is 0.0714. The zero-order valence-corrected chi connectivity index (χ0v) is 11.4. The lowest BCUT2D eigenvalue weighted by molar-refractivity contribution is -0.385. The van der Waals surface area contributed by atoms with E-state index in [-0.39, 0.29) is 28.6 Å². The Morgan fingerprint density at radius 3 is 2.52 bits per heavy atom. The van der Waals surface area contributed by atoms with E-state index in [0.717, 1.165) is 6.07 Å². The van der Waals surface area contributed by atoms with Crippen LogP contribution < -0.4 is 5.32 Å². The van der Waals surface area contributed by atoms with E-state index in [2.05, 4.69) is 5.32 Å². The van der Waals surface area contributed by atoms with Gasteiger partial charge < -0.3 is 5.32 Å². The molecule has 0 aliphatic rings. The summed E-state index contributed by atoms with van der Waals surface area (Å²) in [5, 5.41) is 13.6. The Balaban J connectivity index is 2.13. The number of nitro groups is 1. The summed E-state index contributed by atoms with van der Waals surface area (Å²) >= 11 is 5.68. The van der Waals surface area contributed by atoms with Gasteiger partial charge in [-0.05, 0) is 29.8 Å². The predicted molar refractivity (Wildman–Crippen MR) is 75.7 cm³/mol. The number of carbonyl (C=O) groups excluding carboxylic acids is 1. The van der Waals surface area contributed by atoms with Gasteiger partial charge in [0.1, 0.15) is 11.4 Å². The standard InChI is InChI=1S/C14H10ClFN2O3/c15-10-3-6-12(13(7-10)18(20)21)14(19)17-8-9-1-4-11(16)5-2-9/h1-7H,8H2,(H,17,19). The summed E-state index contributed by atoms with van der Waals surface area (Å²) in [4.78, 5) is 22.2. The summed E-state index contributed by atoms with van der Waals surface area (Å²) in [7, 11) is 0. The molecule has 0 saturated heterocycles. The fourth-order valence-corrected chi connectivity index (χ4v) is 1.89. The minimum Gasteiger partial charge on any atom is -0.348 e. The van der Waals surface area contributed by atoms with Gasteiger partial charge in [-0.3, -0.25) is 14.9 Å². The first-order chi connectivity index (χ1) is 9.97. The van der Waals surface area contributed by atoms with Crippen LogP contribution in [0.1, 0.15) is 15.9 Å². The van der Waals surface area contributed by atoms with Crippen LogP contribution in [0.25, 0.3) is 0 Å². The maximum Gasteiger partial charge on any atom is 0.283 e. The lowest BCUT2D eigenvalue weighted by Gasteiger charge is -2.06. The molecule has 0 fully saturated rings. The smallest absolute Gasteiger partial charge is 0.283 e. The monoisotopic (exact) mass is 308 g/mol. The Hall–Kier alpha value is -2.47. The van der Waals surface area contributed by atoms with Crippen LogP contribution in [0.2, 0.25) is 5.02 Å². The molecule has 0 saturated carbocycles. The van der Waals surface area contributed by atoms with Crippen molar-refractivity contribution in [2.75, 3.05) is 0 Å². The molecule has 2 rings (SSSR count). The number of nitrogens with one attached hydrogen (secondary N) is 1. The summed E-state index contributed by atoms with van der Waals surface area (Å²) < 4.78 is 12.8. The van der Waals surface area contributed by atoms with Gasteiger partial charge in [-0.2, -0.15) is 0 Å². The van der Waals surface area contributed by atoms with Crippen molar-refractivity contribution in [3.63, 3.8) is 0 Å². The van der Waals surface area contributed by atoms with Crippen LogP contribution >= 0.6 is 11.6 Å². The average Bonchev–Trinajstić information content (AvgIpc) is 2.46. The average molecular weight is 309 g/mol. The Bertz CT molecular complexity index is 689. The molecule has 0 unspecified atom stereocenters. The van der Waals surface area contributed by atoms with Crippen molar-refractivity contribution in [2.45, 2.75) is 6.54 Å². The highest BCUT2D eigenvalue weighted by atomic mass is 35.5. The number of hydrogen-bond donors (Lipinski definition) is 1. The molecule has 0 atom stereocenters. The Kier molecular flexibility index (Phi) is 4.49. The molecule has 1 amide bonds. The maximum absolute atomic E-state index is 12.8. The van der Waals surface area contributed by atoms with Crippen molar-refractivity contribution in [2.24, 2.45) is 0 Å². The van der Waals surface area contributed by atoms with Crippen LogP contribution in [-0.2, 0) is 6.54 Å². The van der Waals surface area contributed by atoms with Gasteiger partial charge >= 0.3 is 0 Å².